The first kappa shape index (κ1) is 54.1. The minimum absolute atomic E-state index is 0.00265. The number of nitrogens with zero attached hydrogens (tertiary/aromatic N) is 5. The van der Waals surface area contributed by atoms with E-state index in [9.17, 15) is 24.0 Å². The first-order chi connectivity index (χ1) is 30.9. The lowest BCUT2D eigenvalue weighted by molar-refractivity contribution is -0.146. The average molecular weight is 907 g/mol. The van der Waals surface area contributed by atoms with Crippen molar-refractivity contribution in [3.05, 3.63) is 71.8 Å². The number of guanidine groups is 1. The number of rotatable bonds is 24. The highest BCUT2D eigenvalue weighted by Crippen LogP contribution is 2.30. The van der Waals surface area contributed by atoms with Crippen molar-refractivity contribution < 1.29 is 38.2 Å². The Labute approximate surface area is 388 Å². The number of hydrogen-bond donors (Lipinski definition) is 3. The van der Waals surface area contributed by atoms with Gasteiger partial charge in [0.15, 0.2) is 5.96 Å². The van der Waals surface area contributed by atoms with Gasteiger partial charge in [-0.2, -0.15) is 0 Å². The topological polar surface area (TPSA) is 174 Å². The van der Waals surface area contributed by atoms with Crippen molar-refractivity contribution in [3.8, 4) is 0 Å². The number of likely N-dealkylation sites (N-methyl/N-ethyl adjacent to an activating group) is 1. The molecule has 5 amide bonds. The van der Waals surface area contributed by atoms with Crippen LogP contribution in [0.15, 0.2) is 65.7 Å². The molecular formula is C49H78N8O8. The molecule has 362 valence electrons. The summed E-state index contributed by atoms with van der Waals surface area (Å²) in [4.78, 5) is 80.8. The number of carbonyl (C=O) groups excluding carboxylic acids is 5. The van der Waals surface area contributed by atoms with Gasteiger partial charge in [0.25, 0.3) is 0 Å². The molecule has 1 saturated heterocycles. The van der Waals surface area contributed by atoms with E-state index in [4.69, 9.17) is 19.2 Å². The Morgan fingerprint density at radius 3 is 1.97 bits per heavy atom. The van der Waals surface area contributed by atoms with Crippen LogP contribution in [0.4, 0.5) is 4.79 Å². The number of nitrogens with one attached hydrogen (secondary N) is 3. The summed E-state index contributed by atoms with van der Waals surface area (Å²) in [5.41, 5.74) is 1.75. The molecule has 0 aromatic heterocycles. The summed E-state index contributed by atoms with van der Waals surface area (Å²) in [5, 5.41) is 8.59. The van der Waals surface area contributed by atoms with Gasteiger partial charge in [-0.15, -0.1) is 0 Å². The molecule has 2 aromatic carbocycles. The van der Waals surface area contributed by atoms with Gasteiger partial charge in [-0.3, -0.25) is 19.2 Å². The summed E-state index contributed by atoms with van der Waals surface area (Å²) >= 11 is 0. The van der Waals surface area contributed by atoms with Crippen molar-refractivity contribution in [3.63, 3.8) is 0 Å². The predicted octanol–water partition coefficient (Wildman–Crippen LogP) is 4.57. The molecule has 0 bridgehead atoms. The van der Waals surface area contributed by atoms with E-state index in [2.05, 4.69) is 29.8 Å². The molecule has 8 atom stereocenters. The van der Waals surface area contributed by atoms with Gasteiger partial charge in [0.05, 0.1) is 36.6 Å². The van der Waals surface area contributed by atoms with E-state index in [0.29, 0.717) is 25.3 Å². The lowest BCUT2D eigenvalue weighted by Crippen LogP contribution is -2.55. The predicted molar refractivity (Wildman–Crippen MR) is 254 cm³/mol. The molecule has 16 heteroatoms. The lowest BCUT2D eigenvalue weighted by Gasteiger charge is -2.40. The maximum atomic E-state index is 14.4. The number of aliphatic imine (C=N–C) groups is 1. The smallest absolute Gasteiger partial charge is 0.407 e. The maximum absolute atomic E-state index is 14.4. The van der Waals surface area contributed by atoms with Crippen LogP contribution in [0, 0.1) is 17.8 Å². The van der Waals surface area contributed by atoms with Gasteiger partial charge in [0.1, 0.15) is 18.7 Å². The largest absolute Gasteiger partial charge is 0.445 e. The first-order valence-corrected chi connectivity index (χ1v) is 23.1. The zero-order chi connectivity index (χ0) is 48.2. The molecule has 1 fully saturated rings. The van der Waals surface area contributed by atoms with Crippen LogP contribution < -0.4 is 16.0 Å². The molecule has 16 nitrogen and oxygen atoms in total. The number of amides is 5. The molecule has 65 heavy (non-hydrogen) atoms. The van der Waals surface area contributed by atoms with E-state index in [1.807, 2.05) is 113 Å². The Hall–Kier alpha value is -5.22. The summed E-state index contributed by atoms with van der Waals surface area (Å²) in [6, 6.07) is 16.4. The van der Waals surface area contributed by atoms with Crippen molar-refractivity contribution in [2.75, 3.05) is 69.1 Å². The Morgan fingerprint density at radius 1 is 0.815 bits per heavy atom. The second-order valence-corrected chi connectivity index (χ2v) is 17.9. The number of methoxy groups -OCH3 is 2. The second kappa shape index (κ2) is 27.3. The molecule has 0 aliphatic carbocycles. The molecule has 0 unspecified atom stereocenters. The molecular weight excluding hydrogens is 829 g/mol. The van der Waals surface area contributed by atoms with Gasteiger partial charge in [0, 0.05) is 75.5 Å². The number of carbonyl (C=O) groups is 5. The molecule has 0 spiro atoms. The normalized spacial score (nSPS) is 16.8. The number of alkyl carbamates (subject to hydrolysis) is 1. The molecule has 1 heterocycles. The quantitative estimate of drug-likeness (QED) is 0.0770. The summed E-state index contributed by atoms with van der Waals surface area (Å²) in [7, 11) is 12.5. The molecule has 0 radical (unpaired) electrons. The Bertz CT molecular complexity index is 1800. The van der Waals surface area contributed by atoms with E-state index in [0.717, 1.165) is 24.0 Å². The van der Waals surface area contributed by atoms with Crippen LogP contribution in [0.5, 0.6) is 0 Å². The maximum Gasteiger partial charge on any atom is 0.407 e. The zero-order valence-electron chi connectivity index (χ0n) is 41.0. The van der Waals surface area contributed by atoms with Crippen molar-refractivity contribution >= 4 is 35.7 Å². The van der Waals surface area contributed by atoms with Gasteiger partial charge in [-0.1, -0.05) is 102 Å². The molecule has 3 N–H and O–H groups in total. The summed E-state index contributed by atoms with van der Waals surface area (Å²) in [5.74, 6) is -1.18. The van der Waals surface area contributed by atoms with Crippen LogP contribution in [0.1, 0.15) is 77.8 Å². The van der Waals surface area contributed by atoms with E-state index >= 15 is 0 Å². The lowest BCUT2D eigenvalue weighted by atomic mass is 9.89. The van der Waals surface area contributed by atoms with Gasteiger partial charge in [-0.25, -0.2) is 9.79 Å². The molecule has 1 aliphatic heterocycles. The fourth-order valence-corrected chi connectivity index (χ4v) is 8.51. The fourth-order valence-electron chi connectivity index (χ4n) is 8.51. The third-order valence-electron chi connectivity index (χ3n) is 12.2. The minimum Gasteiger partial charge on any atom is -0.445 e. The number of likely N-dealkylation sites (tertiary alicyclic amines) is 1. The SMILES string of the molecule is CC[C@H](C)[C@@H]([C@@H](CC(=O)N1CCC[C@H]1[C@H](OC)[C@@H](C)C(=O)N[C@@H](Cc1ccccc1)C(=O)NCCCNC(=O)OCc1ccccc1)OC)N(C)C(=O)[C@@H](N=C(N(C)C)N(C)C)C(C)C. The average Bonchev–Trinajstić information content (AvgIpc) is 3.77. The van der Waals surface area contributed by atoms with Gasteiger partial charge >= 0.3 is 6.09 Å². The monoisotopic (exact) mass is 907 g/mol. The highest BCUT2D eigenvalue weighted by molar-refractivity contribution is 5.89. The second-order valence-electron chi connectivity index (χ2n) is 17.9. The van der Waals surface area contributed by atoms with Gasteiger partial charge in [-0.05, 0) is 42.2 Å². The van der Waals surface area contributed by atoms with Gasteiger partial charge in [0.2, 0.25) is 23.6 Å². The van der Waals surface area contributed by atoms with Crippen LogP contribution in [0.3, 0.4) is 0 Å². The molecule has 1 aliphatic rings. The van der Waals surface area contributed by atoms with Crippen LogP contribution >= 0.6 is 0 Å². The Kier molecular flexibility index (Phi) is 22.7. The molecule has 0 saturated carbocycles. The summed E-state index contributed by atoms with van der Waals surface area (Å²) in [6.07, 6.45) is 0.997. The third-order valence-corrected chi connectivity index (χ3v) is 12.2. The molecule has 2 aromatic rings. The molecule has 3 rings (SSSR count). The van der Waals surface area contributed by atoms with E-state index in [1.165, 1.54) is 7.11 Å². The van der Waals surface area contributed by atoms with Crippen molar-refractivity contribution in [1.29, 1.82) is 0 Å². The van der Waals surface area contributed by atoms with Crippen molar-refractivity contribution in [1.82, 2.24) is 35.6 Å². The zero-order valence-corrected chi connectivity index (χ0v) is 41.0. The van der Waals surface area contributed by atoms with E-state index in [-0.39, 0.29) is 68.0 Å². The fraction of sp³-hybridized carbons (Fsp3) is 0.633. The Morgan fingerprint density at radius 2 is 1.42 bits per heavy atom. The summed E-state index contributed by atoms with van der Waals surface area (Å²) in [6.45, 7) is 11.0. The van der Waals surface area contributed by atoms with Crippen molar-refractivity contribution in [2.24, 2.45) is 22.7 Å². The van der Waals surface area contributed by atoms with Crippen molar-refractivity contribution in [2.45, 2.75) is 116 Å². The number of benzene rings is 2. The standard InChI is InChI=1S/C49H78N8O8/c1-13-34(4)43(56(10)47(61)42(33(2)3)53-48(54(6)7)55(8)9)40(63-11)31-41(58)57-29-20-26-39(57)44(64-12)35(5)45(59)52-38(30-36-22-16-14-17-23-36)46(60)50-27-21-28-51-49(62)65-32-37-24-18-15-19-25-37/h14-19,22-25,33-35,38-40,42-44H,13,20-21,26-32H2,1-12H3,(H,50,60)(H,51,62)(H,52,59)/t34-,35+,38-,39-,40+,42-,43-,44+/m0/s1. The highest BCUT2D eigenvalue weighted by atomic mass is 16.5. The number of ether oxygens (including phenoxy) is 3. The van der Waals surface area contributed by atoms with Crippen LogP contribution in [0.2, 0.25) is 0 Å². The number of hydrogen-bond acceptors (Lipinski definition) is 9. The van der Waals surface area contributed by atoms with Crippen LogP contribution in [-0.2, 0) is 46.4 Å². The van der Waals surface area contributed by atoms with Crippen LogP contribution in [-0.4, -0.2) is 161 Å². The summed E-state index contributed by atoms with van der Waals surface area (Å²) < 4.78 is 17.4. The Balaban J connectivity index is 1.71. The van der Waals surface area contributed by atoms with E-state index < -0.39 is 48.4 Å². The van der Waals surface area contributed by atoms with Gasteiger partial charge < -0.3 is 49.8 Å². The van der Waals surface area contributed by atoms with Crippen LogP contribution in [0.25, 0.3) is 0 Å². The highest BCUT2D eigenvalue weighted by Gasteiger charge is 2.43. The minimum atomic E-state index is -0.895. The first-order valence-electron chi connectivity index (χ1n) is 23.1. The van der Waals surface area contributed by atoms with E-state index in [1.54, 1.807) is 30.9 Å². The third kappa shape index (κ3) is 16.3.